The number of hydrogen-bond donors (Lipinski definition) is 2. The molecule has 2 aromatic rings. The summed E-state index contributed by atoms with van der Waals surface area (Å²) in [5.41, 5.74) is 1.90. The van der Waals surface area contributed by atoms with Gasteiger partial charge in [-0.3, -0.25) is 0 Å². The molecule has 96 valence electrons. The van der Waals surface area contributed by atoms with Gasteiger partial charge in [0, 0.05) is 17.6 Å². The number of hydrogen-bond acceptors (Lipinski definition) is 5. The number of phenols is 1. The molecule has 0 amide bonds. The summed E-state index contributed by atoms with van der Waals surface area (Å²) in [6, 6.07) is 5.18. The maximum Gasteiger partial charge on any atom is 0.161 e. The van der Waals surface area contributed by atoms with E-state index in [0.29, 0.717) is 5.75 Å². The lowest BCUT2D eigenvalue weighted by Gasteiger charge is -2.04. The van der Waals surface area contributed by atoms with Crippen molar-refractivity contribution >= 4 is 11.3 Å². The Morgan fingerprint density at radius 1 is 1.39 bits per heavy atom. The van der Waals surface area contributed by atoms with Crippen molar-refractivity contribution in [2.75, 3.05) is 13.7 Å². The van der Waals surface area contributed by atoms with Gasteiger partial charge in [-0.2, -0.15) is 0 Å². The second-order valence-electron chi connectivity index (χ2n) is 3.86. The van der Waals surface area contributed by atoms with E-state index in [1.807, 2.05) is 11.4 Å². The SMILES string of the molecule is COc1cc(-c2nc(CCCO)cs2)ccc1O. The van der Waals surface area contributed by atoms with Gasteiger partial charge >= 0.3 is 0 Å². The van der Waals surface area contributed by atoms with Crippen LogP contribution in [0.1, 0.15) is 12.1 Å². The molecule has 5 heteroatoms. The van der Waals surface area contributed by atoms with Crippen LogP contribution in [0.25, 0.3) is 10.6 Å². The molecule has 0 aliphatic carbocycles. The Hall–Kier alpha value is -1.59. The number of aliphatic hydroxyl groups excluding tert-OH is 1. The Kier molecular flexibility index (Phi) is 4.17. The largest absolute Gasteiger partial charge is 0.504 e. The van der Waals surface area contributed by atoms with Gasteiger partial charge in [0.15, 0.2) is 11.5 Å². The van der Waals surface area contributed by atoms with Gasteiger partial charge in [0.25, 0.3) is 0 Å². The predicted octanol–water partition coefficient (Wildman–Crippen LogP) is 2.45. The molecule has 0 aliphatic rings. The number of ether oxygens (including phenoxy) is 1. The number of benzene rings is 1. The molecule has 2 N–H and O–H groups in total. The number of aromatic nitrogens is 1. The van der Waals surface area contributed by atoms with E-state index in [1.165, 1.54) is 7.11 Å². The van der Waals surface area contributed by atoms with Crippen molar-refractivity contribution in [2.45, 2.75) is 12.8 Å². The summed E-state index contributed by atoms with van der Waals surface area (Å²) in [5.74, 6) is 0.568. The number of aromatic hydroxyl groups is 1. The lowest BCUT2D eigenvalue weighted by atomic mass is 10.2. The second kappa shape index (κ2) is 5.84. The van der Waals surface area contributed by atoms with Gasteiger partial charge in [-0.25, -0.2) is 4.98 Å². The zero-order valence-electron chi connectivity index (χ0n) is 10.1. The van der Waals surface area contributed by atoms with E-state index in [9.17, 15) is 5.11 Å². The molecular weight excluding hydrogens is 250 g/mol. The van der Waals surface area contributed by atoms with E-state index in [2.05, 4.69) is 4.98 Å². The van der Waals surface area contributed by atoms with Crippen LogP contribution in [0.15, 0.2) is 23.6 Å². The monoisotopic (exact) mass is 265 g/mol. The number of aryl methyl sites for hydroxylation is 1. The molecule has 0 atom stereocenters. The third-order valence-corrected chi connectivity index (χ3v) is 3.51. The number of methoxy groups -OCH3 is 1. The van der Waals surface area contributed by atoms with Crippen LogP contribution in [0.4, 0.5) is 0 Å². The highest BCUT2D eigenvalue weighted by Gasteiger charge is 2.08. The van der Waals surface area contributed by atoms with E-state index in [4.69, 9.17) is 9.84 Å². The summed E-state index contributed by atoms with van der Waals surface area (Å²) in [7, 11) is 1.52. The van der Waals surface area contributed by atoms with Gasteiger partial charge in [0.05, 0.1) is 12.8 Å². The summed E-state index contributed by atoms with van der Waals surface area (Å²) in [5, 5.41) is 21.2. The number of nitrogens with zero attached hydrogens (tertiary/aromatic N) is 1. The van der Waals surface area contributed by atoms with Crippen molar-refractivity contribution in [3.63, 3.8) is 0 Å². The van der Waals surface area contributed by atoms with Crippen molar-refractivity contribution in [1.82, 2.24) is 4.98 Å². The van der Waals surface area contributed by atoms with E-state index >= 15 is 0 Å². The molecular formula is C13H15NO3S. The van der Waals surface area contributed by atoms with Crippen LogP contribution in [-0.4, -0.2) is 28.9 Å². The average molecular weight is 265 g/mol. The van der Waals surface area contributed by atoms with E-state index < -0.39 is 0 Å². The van der Waals surface area contributed by atoms with Crippen molar-refractivity contribution in [3.8, 4) is 22.1 Å². The fourth-order valence-electron chi connectivity index (χ4n) is 1.63. The number of thiazole rings is 1. The molecule has 4 nitrogen and oxygen atoms in total. The van der Waals surface area contributed by atoms with Gasteiger partial charge in [-0.15, -0.1) is 11.3 Å². The molecule has 0 aliphatic heterocycles. The lowest BCUT2D eigenvalue weighted by Crippen LogP contribution is -1.89. The van der Waals surface area contributed by atoms with Crippen molar-refractivity contribution in [2.24, 2.45) is 0 Å². The Morgan fingerprint density at radius 3 is 2.94 bits per heavy atom. The molecule has 0 spiro atoms. The summed E-state index contributed by atoms with van der Waals surface area (Å²) >= 11 is 1.55. The van der Waals surface area contributed by atoms with Crippen LogP contribution < -0.4 is 4.74 Å². The van der Waals surface area contributed by atoms with Crippen molar-refractivity contribution in [3.05, 3.63) is 29.3 Å². The molecule has 0 bridgehead atoms. The van der Waals surface area contributed by atoms with Gasteiger partial charge < -0.3 is 14.9 Å². The number of rotatable bonds is 5. The topological polar surface area (TPSA) is 62.6 Å². The van der Waals surface area contributed by atoms with Crippen LogP contribution in [-0.2, 0) is 6.42 Å². The fraction of sp³-hybridized carbons (Fsp3) is 0.308. The minimum absolute atomic E-state index is 0.123. The molecule has 1 aromatic carbocycles. The summed E-state index contributed by atoms with van der Waals surface area (Å²) < 4.78 is 5.07. The fourth-order valence-corrected chi connectivity index (χ4v) is 2.48. The molecule has 18 heavy (non-hydrogen) atoms. The molecule has 0 unspecified atom stereocenters. The first-order valence-corrected chi connectivity index (χ1v) is 6.55. The molecule has 0 saturated heterocycles. The maximum atomic E-state index is 9.53. The summed E-state index contributed by atoms with van der Waals surface area (Å²) in [4.78, 5) is 4.49. The van der Waals surface area contributed by atoms with Crippen LogP contribution in [0.5, 0.6) is 11.5 Å². The average Bonchev–Trinajstić information content (AvgIpc) is 2.85. The molecule has 0 saturated carbocycles. The van der Waals surface area contributed by atoms with Gasteiger partial charge in [0.2, 0.25) is 0 Å². The standard InChI is InChI=1S/C13H15NO3S/c1-17-12-7-9(4-5-11(12)16)13-14-10(8-18-13)3-2-6-15/h4-5,7-8,15-16H,2-3,6H2,1H3. The zero-order chi connectivity index (χ0) is 13.0. The van der Waals surface area contributed by atoms with Gasteiger partial charge in [-0.05, 0) is 31.0 Å². The Labute approximate surface area is 110 Å². The molecule has 1 aromatic heterocycles. The first-order chi connectivity index (χ1) is 8.74. The van der Waals surface area contributed by atoms with Crippen LogP contribution in [0.3, 0.4) is 0 Å². The second-order valence-corrected chi connectivity index (χ2v) is 4.72. The third-order valence-electron chi connectivity index (χ3n) is 2.57. The van der Waals surface area contributed by atoms with E-state index in [0.717, 1.165) is 29.1 Å². The highest BCUT2D eigenvalue weighted by Crippen LogP contribution is 2.32. The normalized spacial score (nSPS) is 10.6. The molecule has 2 rings (SSSR count). The summed E-state index contributed by atoms with van der Waals surface area (Å²) in [6.07, 6.45) is 1.50. The third kappa shape index (κ3) is 2.80. The van der Waals surface area contributed by atoms with Gasteiger partial charge in [0.1, 0.15) is 5.01 Å². The predicted molar refractivity (Wildman–Crippen MR) is 71.2 cm³/mol. The Balaban J connectivity index is 2.23. The number of aliphatic hydroxyl groups is 1. The van der Waals surface area contributed by atoms with Crippen molar-refractivity contribution in [1.29, 1.82) is 0 Å². The quantitative estimate of drug-likeness (QED) is 0.871. The highest BCUT2D eigenvalue weighted by atomic mass is 32.1. The lowest BCUT2D eigenvalue weighted by molar-refractivity contribution is 0.288. The minimum Gasteiger partial charge on any atom is -0.504 e. The van der Waals surface area contributed by atoms with Crippen LogP contribution >= 0.6 is 11.3 Å². The van der Waals surface area contributed by atoms with E-state index in [-0.39, 0.29) is 12.4 Å². The first-order valence-electron chi connectivity index (χ1n) is 5.67. The van der Waals surface area contributed by atoms with Crippen LogP contribution in [0.2, 0.25) is 0 Å². The Bertz CT molecular complexity index is 525. The first kappa shape index (κ1) is 12.9. The van der Waals surface area contributed by atoms with Gasteiger partial charge in [-0.1, -0.05) is 0 Å². The maximum absolute atomic E-state index is 9.53. The zero-order valence-corrected chi connectivity index (χ0v) is 10.9. The smallest absolute Gasteiger partial charge is 0.161 e. The highest BCUT2D eigenvalue weighted by molar-refractivity contribution is 7.13. The Morgan fingerprint density at radius 2 is 2.22 bits per heavy atom. The molecule has 1 heterocycles. The molecule has 0 radical (unpaired) electrons. The number of phenolic OH excluding ortho intramolecular Hbond substituents is 1. The van der Waals surface area contributed by atoms with Crippen molar-refractivity contribution < 1.29 is 14.9 Å². The van der Waals surface area contributed by atoms with Crippen LogP contribution in [0, 0.1) is 0 Å². The minimum atomic E-state index is 0.123. The summed E-state index contributed by atoms with van der Waals surface area (Å²) in [6.45, 7) is 0.180. The van der Waals surface area contributed by atoms with E-state index in [1.54, 1.807) is 23.5 Å². The molecule has 0 fully saturated rings.